The van der Waals surface area contributed by atoms with Crippen LogP contribution >= 0.6 is 11.3 Å². The van der Waals surface area contributed by atoms with Crippen molar-refractivity contribution >= 4 is 22.4 Å². The van der Waals surface area contributed by atoms with Gasteiger partial charge in [-0.25, -0.2) is 9.78 Å². The fraction of sp³-hybridized carbons (Fsp3) is 0.667. The third kappa shape index (κ3) is 2.60. The normalized spacial score (nSPS) is 14.8. The van der Waals surface area contributed by atoms with E-state index in [0.717, 1.165) is 23.0 Å². The summed E-state index contributed by atoms with van der Waals surface area (Å²) in [5, 5.41) is 0.965. The topological polar surface area (TPSA) is 42.4 Å². The summed E-state index contributed by atoms with van der Waals surface area (Å²) < 4.78 is 4.73. The maximum Gasteiger partial charge on any atom is 0.357 e. The van der Waals surface area contributed by atoms with Crippen molar-refractivity contribution in [1.29, 1.82) is 0 Å². The molecule has 1 aromatic heterocycles. The number of rotatable bonds is 5. The van der Waals surface area contributed by atoms with Crippen LogP contribution in [0.2, 0.25) is 0 Å². The highest BCUT2D eigenvalue weighted by Crippen LogP contribution is 2.35. The molecule has 2 rings (SSSR count). The summed E-state index contributed by atoms with van der Waals surface area (Å²) in [5.74, 6) is -0.336. The summed E-state index contributed by atoms with van der Waals surface area (Å²) >= 11 is 1.59. The minimum absolute atomic E-state index is 0.336. The van der Waals surface area contributed by atoms with Crippen LogP contribution in [0.3, 0.4) is 0 Å². The number of nitrogens with zero attached hydrogens (tertiary/aromatic N) is 2. The van der Waals surface area contributed by atoms with Gasteiger partial charge in [0.25, 0.3) is 0 Å². The van der Waals surface area contributed by atoms with E-state index < -0.39 is 0 Å². The van der Waals surface area contributed by atoms with E-state index in [-0.39, 0.29) is 5.97 Å². The molecule has 0 N–H and O–H groups in total. The first-order valence-corrected chi connectivity index (χ1v) is 6.81. The van der Waals surface area contributed by atoms with E-state index in [9.17, 15) is 4.79 Å². The molecule has 1 aliphatic rings. The van der Waals surface area contributed by atoms with Crippen molar-refractivity contribution in [3.63, 3.8) is 0 Å². The van der Waals surface area contributed by atoms with Crippen LogP contribution in [0.4, 0.5) is 5.13 Å². The van der Waals surface area contributed by atoms with E-state index in [1.807, 2.05) is 6.92 Å². The lowest BCUT2D eigenvalue weighted by Gasteiger charge is -2.20. The van der Waals surface area contributed by atoms with Crippen LogP contribution in [-0.4, -0.2) is 30.6 Å². The van der Waals surface area contributed by atoms with Crippen LogP contribution in [0, 0.1) is 6.92 Å². The first kappa shape index (κ1) is 12.4. The maximum atomic E-state index is 11.5. The number of carbonyl (C=O) groups is 1. The number of hydrogen-bond donors (Lipinski definition) is 0. The molecule has 0 amide bonds. The Hall–Kier alpha value is -1.10. The van der Waals surface area contributed by atoms with Gasteiger partial charge in [0.1, 0.15) is 0 Å². The molecule has 1 heterocycles. The maximum absolute atomic E-state index is 11.5. The van der Waals surface area contributed by atoms with Gasteiger partial charge in [0.05, 0.1) is 7.11 Å². The Bertz CT molecular complexity index is 413. The van der Waals surface area contributed by atoms with E-state index in [4.69, 9.17) is 4.74 Å². The fourth-order valence-corrected chi connectivity index (χ4v) is 2.85. The number of aromatic nitrogens is 1. The minimum Gasteiger partial charge on any atom is -0.464 e. The highest BCUT2D eigenvalue weighted by atomic mass is 32.1. The van der Waals surface area contributed by atoms with Gasteiger partial charge in [-0.3, -0.25) is 0 Å². The molecule has 1 aromatic rings. The predicted octanol–water partition coefficient (Wildman–Crippen LogP) is 2.62. The third-order valence-corrected chi connectivity index (χ3v) is 3.87. The van der Waals surface area contributed by atoms with E-state index >= 15 is 0 Å². The van der Waals surface area contributed by atoms with Crippen LogP contribution in [0.15, 0.2) is 0 Å². The number of ether oxygens (including phenoxy) is 1. The van der Waals surface area contributed by atoms with Crippen molar-refractivity contribution in [3.8, 4) is 0 Å². The second kappa shape index (κ2) is 5.04. The standard InChI is InChI=1S/C12H18N2O2S/c1-4-7-14(9-5-6-9)12-13-10(8(2)17-12)11(15)16-3/h9H,4-7H2,1-3H3. The van der Waals surface area contributed by atoms with Crippen LogP contribution < -0.4 is 4.90 Å². The summed E-state index contributed by atoms with van der Waals surface area (Å²) in [6.45, 7) is 5.10. The predicted molar refractivity (Wildman–Crippen MR) is 68.8 cm³/mol. The molecule has 0 spiro atoms. The number of thiazole rings is 1. The Morgan fingerprint density at radius 2 is 2.29 bits per heavy atom. The molecule has 0 saturated heterocycles. The smallest absolute Gasteiger partial charge is 0.357 e. The average molecular weight is 254 g/mol. The highest BCUT2D eigenvalue weighted by molar-refractivity contribution is 7.15. The Morgan fingerprint density at radius 1 is 1.59 bits per heavy atom. The Labute approximate surface area is 106 Å². The van der Waals surface area contributed by atoms with Crippen molar-refractivity contribution in [2.24, 2.45) is 0 Å². The molecule has 0 radical (unpaired) electrons. The molecular weight excluding hydrogens is 236 g/mol. The molecule has 1 saturated carbocycles. The monoisotopic (exact) mass is 254 g/mol. The van der Waals surface area contributed by atoms with E-state index in [1.54, 1.807) is 11.3 Å². The van der Waals surface area contributed by atoms with Crippen molar-refractivity contribution in [2.45, 2.75) is 39.2 Å². The Balaban J connectivity index is 2.22. The van der Waals surface area contributed by atoms with Gasteiger partial charge in [-0.2, -0.15) is 0 Å². The molecule has 0 aromatic carbocycles. The molecule has 0 unspecified atom stereocenters. The average Bonchev–Trinajstić information content (AvgIpc) is 3.08. The molecule has 5 heteroatoms. The van der Waals surface area contributed by atoms with Gasteiger partial charge in [-0.05, 0) is 26.2 Å². The van der Waals surface area contributed by atoms with Crippen LogP contribution in [0.5, 0.6) is 0 Å². The van der Waals surface area contributed by atoms with Gasteiger partial charge in [0.2, 0.25) is 0 Å². The van der Waals surface area contributed by atoms with E-state index in [1.165, 1.54) is 20.0 Å². The molecule has 94 valence electrons. The van der Waals surface area contributed by atoms with Crippen LogP contribution in [-0.2, 0) is 4.74 Å². The fourth-order valence-electron chi connectivity index (χ4n) is 1.85. The van der Waals surface area contributed by atoms with Crippen molar-refractivity contribution in [2.75, 3.05) is 18.6 Å². The summed E-state index contributed by atoms with van der Waals surface area (Å²) in [6.07, 6.45) is 3.58. The van der Waals surface area contributed by atoms with Crippen molar-refractivity contribution in [3.05, 3.63) is 10.6 Å². The third-order valence-electron chi connectivity index (χ3n) is 2.86. The lowest BCUT2D eigenvalue weighted by Crippen LogP contribution is -2.26. The zero-order valence-corrected chi connectivity index (χ0v) is 11.3. The van der Waals surface area contributed by atoms with E-state index in [0.29, 0.717) is 11.7 Å². The Morgan fingerprint density at radius 3 is 2.82 bits per heavy atom. The summed E-state index contributed by atoms with van der Waals surface area (Å²) in [5.41, 5.74) is 0.467. The number of carbonyl (C=O) groups excluding carboxylic acids is 1. The largest absolute Gasteiger partial charge is 0.464 e. The van der Waals surface area contributed by atoms with Gasteiger partial charge in [0.15, 0.2) is 10.8 Å². The first-order chi connectivity index (χ1) is 8.17. The number of anilines is 1. The van der Waals surface area contributed by atoms with Crippen molar-refractivity contribution < 1.29 is 9.53 Å². The molecular formula is C12H18N2O2S. The lowest BCUT2D eigenvalue weighted by atomic mass is 10.4. The second-order valence-corrected chi connectivity index (χ2v) is 5.50. The van der Waals surface area contributed by atoms with E-state index in [2.05, 4.69) is 16.8 Å². The quantitative estimate of drug-likeness (QED) is 0.758. The van der Waals surface area contributed by atoms with Gasteiger partial charge < -0.3 is 9.64 Å². The van der Waals surface area contributed by atoms with Crippen LogP contribution in [0.25, 0.3) is 0 Å². The minimum atomic E-state index is -0.336. The van der Waals surface area contributed by atoms with Gasteiger partial charge in [0, 0.05) is 17.5 Å². The molecule has 0 aliphatic heterocycles. The van der Waals surface area contributed by atoms with Gasteiger partial charge in [-0.1, -0.05) is 6.92 Å². The SMILES string of the molecule is CCCN(c1nc(C(=O)OC)c(C)s1)C1CC1. The van der Waals surface area contributed by atoms with Gasteiger partial charge >= 0.3 is 5.97 Å². The summed E-state index contributed by atoms with van der Waals surface area (Å²) in [4.78, 5) is 19.2. The highest BCUT2D eigenvalue weighted by Gasteiger charge is 2.31. The summed E-state index contributed by atoms with van der Waals surface area (Å²) in [7, 11) is 1.39. The molecule has 0 atom stereocenters. The van der Waals surface area contributed by atoms with Crippen LogP contribution in [0.1, 0.15) is 41.6 Å². The molecule has 1 fully saturated rings. The zero-order chi connectivity index (χ0) is 12.4. The Kier molecular flexibility index (Phi) is 3.66. The van der Waals surface area contributed by atoms with Gasteiger partial charge in [-0.15, -0.1) is 11.3 Å². The number of aryl methyl sites for hydroxylation is 1. The number of esters is 1. The molecule has 17 heavy (non-hydrogen) atoms. The lowest BCUT2D eigenvalue weighted by molar-refractivity contribution is 0.0594. The molecule has 1 aliphatic carbocycles. The number of methoxy groups -OCH3 is 1. The molecule has 4 nitrogen and oxygen atoms in total. The van der Waals surface area contributed by atoms with Crippen molar-refractivity contribution in [1.82, 2.24) is 4.98 Å². The number of hydrogen-bond acceptors (Lipinski definition) is 5. The zero-order valence-electron chi connectivity index (χ0n) is 10.5. The second-order valence-electron chi connectivity index (χ2n) is 4.32. The summed E-state index contributed by atoms with van der Waals surface area (Å²) in [6, 6.07) is 0.631. The molecule has 0 bridgehead atoms. The first-order valence-electron chi connectivity index (χ1n) is 5.99.